The Kier molecular flexibility index (Phi) is 4.82. The first-order valence-corrected chi connectivity index (χ1v) is 9.62. The van der Waals surface area contributed by atoms with Crippen LogP contribution in [0.4, 0.5) is 0 Å². The van der Waals surface area contributed by atoms with Crippen molar-refractivity contribution >= 4 is 0 Å². The van der Waals surface area contributed by atoms with E-state index in [0.29, 0.717) is 5.92 Å². The molecule has 0 radical (unpaired) electrons. The summed E-state index contributed by atoms with van der Waals surface area (Å²) >= 11 is 0. The average molecular weight is 368 g/mol. The number of ether oxygens (including phenoxy) is 2. The van der Waals surface area contributed by atoms with Gasteiger partial charge in [-0.15, -0.1) is 0 Å². The molecule has 1 saturated heterocycles. The first kappa shape index (κ1) is 18.3. The fourth-order valence-corrected chi connectivity index (χ4v) is 4.79. The van der Waals surface area contributed by atoms with Crippen molar-refractivity contribution < 1.29 is 14.6 Å². The van der Waals surface area contributed by atoms with E-state index in [1.54, 1.807) is 14.2 Å². The van der Waals surface area contributed by atoms with E-state index in [2.05, 4.69) is 16.0 Å². The topological polar surface area (TPSA) is 54.8 Å². The van der Waals surface area contributed by atoms with Crippen LogP contribution in [0.1, 0.15) is 29.7 Å². The van der Waals surface area contributed by atoms with E-state index in [0.717, 1.165) is 55.2 Å². The van der Waals surface area contributed by atoms with E-state index < -0.39 is 5.60 Å². The summed E-state index contributed by atoms with van der Waals surface area (Å²) < 4.78 is 10.8. The van der Waals surface area contributed by atoms with Crippen molar-refractivity contribution in [2.45, 2.75) is 31.9 Å². The van der Waals surface area contributed by atoms with Gasteiger partial charge in [0.2, 0.25) is 0 Å². The number of aromatic nitrogens is 1. The van der Waals surface area contributed by atoms with Crippen LogP contribution in [-0.2, 0) is 12.1 Å². The quantitative estimate of drug-likeness (QED) is 0.879. The maximum absolute atomic E-state index is 11.4. The maximum Gasteiger partial charge on any atom is 0.161 e. The lowest BCUT2D eigenvalue weighted by molar-refractivity contribution is -0.0108. The van der Waals surface area contributed by atoms with Gasteiger partial charge in [0.15, 0.2) is 11.5 Å². The summed E-state index contributed by atoms with van der Waals surface area (Å²) in [6.07, 6.45) is 3.72. The number of aryl methyl sites for hydroxylation is 1. The maximum atomic E-state index is 11.4. The Hall–Kier alpha value is -2.11. The second-order valence-corrected chi connectivity index (χ2v) is 7.93. The van der Waals surface area contributed by atoms with Crippen LogP contribution in [0.3, 0.4) is 0 Å². The zero-order chi connectivity index (χ0) is 19.0. The summed E-state index contributed by atoms with van der Waals surface area (Å²) in [5.74, 6) is 2.28. The fraction of sp³-hybridized carbons (Fsp3) is 0.500. The molecule has 1 saturated carbocycles. The Morgan fingerprint density at radius 2 is 1.96 bits per heavy atom. The Bertz CT molecular complexity index is 808. The molecule has 3 atom stereocenters. The van der Waals surface area contributed by atoms with Crippen LogP contribution in [-0.4, -0.2) is 42.3 Å². The highest BCUT2D eigenvalue weighted by Gasteiger charge is 2.53. The van der Waals surface area contributed by atoms with Gasteiger partial charge >= 0.3 is 0 Å². The highest BCUT2D eigenvalue weighted by atomic mass is 16.5. The molecule has 2 aliphatic rings. The average Bonchev–Trinajstić information content (AvgIpc) is 3.22. The Labute approximate surface area is 160 Å². The van der Waals surface area contributed by atoms with Gasteiger partial charge in [-0.1, -0.05) is 12.1 Å². The molecule has 144 valence electrons. The first-order valence-electron chi connectivity index (χ1n) is 9.62. The van der Waals surface area contributed by atoms with Crippen LogP contribution in [0.2, 0.25) is 0 Å². The third-order valence-electron chi connectivity index (χ3n) is 6.24. The summed E-state index contributed by atoms with van der Waals surface area (Å²) in [6, 6.07) is 10.1. The van der Waals surface area contributed by atoms with Gasteiger partial charge in [-0.05, 0) is 55.0 Å². The molecule has 0 amide bonds. The number of aliphatic hydroxyl groups is 1. The molecule has 1 aliphatic carbocycles. The highest BCUT2D eigenvalue weighted by Crippen LogP contribution is 2.50. The smallest absolute Gasteiger partial charge is 0.161 e. The Morgan fingerprint density at radius 1 is 1.15 bits per heavy atom. The van der Waals surface area contributed by atoms with E-state index in [9.17, 15) is 5.11 Å². The van der Waals surface area contributed by atoms with Crippen LogP contribution in [0, 0.1) is 18.8 Å². The van der Waals surface area contributed by atoms with Crippen molar-refractivity contribution in [3.63, 3.8) is 0 Å². The summed E-state index contributed by atoms with van der Waals surface area (Å²) in [5, 5.41) is 11.4. The summed E-state index contributed by atoms with van der Waals surface area (Å²) in [6.45, 7) is 4.79. The zero-order valence-corrected chi connectivity index (χ0v) is 16.3. The Balaban J connectivity index is 1.49. The zero-order valence-electron chi connectivity index (χ0n) is 16.3. The molecule has 5 nitrogen and oxygen atoms in total. The number of hydrogen-bond donors (Lipinski definition) is 1. The lowest BCUT2D eigenvalue weighted by Crippen LogP contribution is -2.35. The number of nitrogens with zero attached hydrogens (tertiary/aromatic N) is 2. The van der Waals surface area contributed by atoms with Gasteiger partial charge in [0.05, 0.1) is 19.9 Å². The molecule has 1 aromatic heterocycles. The fourth-order valence-electron chi connectivity index (χ4n) is 4.79. The van der Waals surface area contributed by atoms with Gasteiger partial charge < -0.3 is 14.6 Å². The molecular weight excluding hydrogens is 340 g/mol. The Morgan fingerprint density at radius 3 is 2.67 bits per heavy atom. The van der Waals surface area contributed by atoms with Gasteiger partial charge in [-0.25, -0.2) is 0 Å². The van der Waals surface area contributed by atoms with Crippen molar-refractivity contribution in [3.8, 4) is 11.5 Å². The minimum Gasteiger partial charge on any atom is -0.493 e. The minimum atomic E-state index is -0.801. The highest BCUT2D eigenvalue weighted by molar-refractivity contribution is 5.42. The van der Waals surface area contributed by atoms with E-state index in [1.807, 2.05) is 37.4 Å². The number of benzene rings is 1. The molecule has 2 fully saturated rings. The molecule has 0 spiro atoms. The third kappa shape index (κ3) is 3.30. The number of rotatable bonds is 5. The largest absolute Gasteiger partial charge is 0.493 e. The lowest BCUT2D eigenvalue weighted by Gasteiger charge is -2.30. The number of pyridine rings is 1. The second-order valence-electron chi connectivity index (χ2n) is 7.93. The number of hydrogen-bond acceptors (Lipinski definition) is 5. The standard InChI is InChI=1S/C22H28N2O3/c1-15-4-7-21(23-11-15)22(25)9-8-17-13-24(14-18(17)22)12-16-5-6-19(26-2)20(10-16)27-3/h4-7,10-11,17-18,25H,8-9,12-14H2,1-3H3/t17-,18+,22-/m0/s1. The van der Waals surface area contributed by atoms with Crippen LogP contribution in [0.5, 0.6) is 11.5 Å². The van der Waals surface area contributed by atoms with Gasteiger partial charge in [-0.3, -0.25) is 9.88 Å². The molecule has 4 rings (SSSR count). The molecule has 0 bridgehead atoms. The molecule has 1 N–H and O–H groups in total. The minimum absolute atomic E-state index is 0.243. The van der Waals surface area contributed by atoms with Crippen molar-refractivity contribution in [3.05, 3.63) is 53.3 Å². The molecule has 0 unspecified atom stereocenters. The normalized spacial score (nSPS) is 27.6. The molecule has 2 aromatic rings. The van der Waals surface area contributed by atoms with E-state index in [-0.39, 0.29) is 5.92 Å². The van der Waals surface area contributed by atoms with E-state index in [1.165, 1.54) is 5.56 Å². The molecule has 27 heavy (non-hydrogen) atoms. The number of fused-ring (bicyclic) bond motifs is 1. The van der Waals surface area contributed by atoms with Crippen LogP contribution < -0.4 is 9.47 Å². The number of methoxy groups -OCH3 is 2. The number of likely N-dealkylation sites (tertiary alicyclic amines) is 1. The van der Waals surface area contributed by atoms with E-state index in [4.69, 9.17) is 9.47 Å². The summed E-state index contributed by atoms with van der Waals surface area (Å²) in [7, 11) is 3.32. The first-order chi connectivity index (χ1) is 13.0. The van der Waals surface area contributed by atoms with Gasteiger partial charge in [-0.2, -0.15) is 0 Å². The molecule has 5 heteroatoms. The molecule has 2 heterocycles. The van der Waals surface area contributed by atoms with Gasteiger partial charge in [0.1, 0.15) is 5.60 Å². The van der Waals surface area contributed by atoms with Crippen molar-refractivity contribution in [2.24, 2.45) is 11.8 Å². The van der Waals surface area contributed by atoms with Crippen LogP contribution >= 0.6 is 0 Å². The predicted octanol–water partition coefficient (Wildman–Crippen LogP) is 3.14. The second kappa shape index (κ2) is 7.13. The molecule has 1 aliphatic heterocycles. The predicted molar refractivity (Wildman–Crippen MR) is 104 cm³/mol. The van der Waals surface area contributed by atoms with Crippen molar-refractivity contribution in [1.29, 1.82) is 0 Å². The van der Waals surface area contributed by atoms with Crippen molar-refractivity contribution in [1.82, 2.24) is 9.88 Å². The van der Waals surface area contributed by atoms with Crippen molar-refractivity contribution in [2.75, 3.05) is 27.3 Å². The van der Waals surface area contributed by atoms with Gasteiger partial charge in [0.25, 0.3) is 0 Å². The lowest BCUT2D eigenvalue weighted by atomic mass is 9.85. The SMILES string of the molecule is COc1ccc(CN2C[C@@H]3CC[C@@](O)(c4ccc(C)cn4)[C@@H]3C2)cc1OC. The summed E-state index contributed by atoms with van der Waals surface area (Å²) in [4.78, 5) is 6.98. The molecule has 1 aromatic carbocycles. The van der Waals surface area contributed by atoms with E-state index >= 15 is 0 Å². The monoisotopic (exact) mass is 368 g/mol. The summed E-state index contributed by atoms with van der Waals surface area (Å²) in [5.41, 5.74) is 2.35. The third-order valence-corrected chi connectivity index (χ3v) is 6.24. The van der Waals surface area contributed by atoms with Gasteiger partial charge in [0, 0.05) is 31.7 Å². The van der Waals surface area contributed by atoms with Crippen LogP contribution in [0.25, 0.3) is 0 Å². The van der Waals surface area contributed by atoms with Crippen LogP contribution in [0.15, 0.2) is 36.5 Å². The molecular formula is C22H28N2O3.